The molecule has 0 fully saturated rings. The van der Waals surface area contributed by atoms with E-state index in [1.165, 1.54) is 45.0 Å². The molecule has 1 aromatic rings. The SMILES string of the molecule is C[C@H](NC(=O)[C@H](C)NC(=O)[C@@H](C)NC(=O)OC(C)(C)C)C(=O)Nc1ccc([N+](=O)[O-])cc1. The topological polar surface area (TPSA) is 169 Å². The van der Waals surface area contributed by atoms with Crippen LogP contribution in [-0.2, 0) is 19.1 Å². The van der Waals surface area contributed by atoms with Crippen LogP contribution in [0.3, 0.4) is 0 Å². The van der Waals surface area contributed by atoms with Crippen LogP contribution in [0.15, 0.2) is 24.3 Å². The van der Waals surface area contributed by atoms with Gasteiger partial charge in [0, 0.05) is 17.8 Å². The molecule has 4 amide bonds. The zero-order valence-electron chi connectivity index (χ0n) is 18.8. The molecule has 0 bridgehead atoms. The molecule has 0 spiro atoms. The average Bonchev–Trinajstić information content (AvgIpc) is 2.66. The second kappa shape index (κ2) is 11.1. The van der Waals surface area contributed by atoms with Crippen LogP contribution in [0.5, 0.6) is 0 Å². The van der Waals surface area contributed by atoms with Crippen molar-refractivity contribution in [2.24, 2.45) is 0 Å². The quantitative estimate of drug-likeness (QED) is 0.342. The lowest BCUT2D eigenvalue weighted by atomic mass is 10.2. The summed E-state index contributed by atoms with van der Waals surface area (Å²) in [6, 6.07) is 2.32. The number of nitrogens with one attached hydrogen (secondary N) is 4. The minimum absolute atomic E-state index is 0.121. The Morgan fingerprint density at radius 1 is 0.844 bits per heavy atom. The molecule has 0 radical (unpaired) electrons. The number of rotatable bonds is 8. The lowest BCUT2D eigenvalue weighted by molar-refractivity contribution is -0.384. The molecule has 4 N–H and O–H groups in total. The summed E-state index contributed by atoms with van der Waals surface area (Å²) in [7, 11) is 0. The molecule has 0 heterocycles. The van der Waals surface area contributed by atoms with Crippen molar-refractivity contribution in [3.63, 3.8) is 0 Å². The average molecular weight is 451 g/mol. The highest BCUT2D eigenvalue weighted by Gasteiger charge is 2.25. The van der Waals surface area contributed by atoms with E-state index in [0.29, 0.717) is 5.69 Å². The summed E-state index contributed by atoms with van der Waals surface area (Å²) in [5.41, 5.74) is -0.520. The van der Waals surface area contributed by atoms with Crippen LogP contribution in [0.4, 0.5) is 16.2 Å². The number of alkyl carbamates (subject to hydrolysis) is 1. The summed E-state index contributed by atoms with van der Waals surface area (Å²) in [4.78, 5) is 58.6. The summed E-state index contributed by atoms with van der Waals surface area (Å²) in [6.07, 6.45) is -0.770. The fourth-order valence-corrected chi connectivity index (χ4v) is 2.27. The van der Waals surface area contributed by atoms with Gasteiger partial charge in [0.15, 0.2) is 0 Å². The molecule has 176 valence electrons. The minimum atomic E-state index is -0.986. The van der Waals surface area contributed by atoms with Gasteiger partial charge in [0.05, 0.1) is 4.92 Å². The molecule has 0 saturated heterocycles. The van der Waals surface area contributed by atoms with Crippen LogP contribution >= 0.6 is 0 Å². The highest BCUT2D eigenvalue weighted by atomic mass is 16.6. The molecule has 3 atom stereocenters. The van der Waals surface area contributed by atoms with Crippen LogP contribution in [-0.4, -0.2) is 52.5 Å². The van der Waals surface area contributed by atoms with E-state index in [1.807, 2.05) is 0 Å². The van der Waals surface area contributed by atoms with Gasteiger partial charge >= 0.3 is 6.09 Å². The second-order valence-corrected chi connectivity index (χ2v) is 8.12. The molecule has 0 saturated carbocycles. The lowest BCUT2D eigenvalue weighted by Gasteiger charge is -2.23. The van der Waals surface area contributed by atoms with Gasteiger partial charge in [-0.3, -0.25) is 24.5 Å². The molecule has 0 aliphatic carbocycles. The van der Waals surface area contributed by atoms with Crippen LogP contribution < -0.4 is 21.3 Å². The molecule has 12 heteroatoms. The van der Waals surface area contributed by atoms with E-state index in [4.69, 9.17) is 4.74 Å². The Morgan fingerprint density at radius 3 is 1.72 bits per heavy atom. The number of nitrogens with zero attached hydrogens (tertiary/aromatic N) is 1. The van der Waals surface area contributed by atoms with Gasteiger partial charge in [-0.2, -0.15) is 0 Å². The van der Waals surface area contributed by atoms with Crippen molar-refractivity contribution in [2.75, 3.05) is 5.32 Å². The van der Waals surface area contributed by atoms with E-state index in [1.54, 1.807) is 20.8 Å². The Balaban J connectivity index is 2.53. The van der Waals surface area contributed by atoms with Gasteiger partial charge in [0.1, 0.15) is 23.7 Å². The zero-order valence-corrected chi connectivity index (χ0v) is 18.8. The summed E-state index contributed by atoms with van der Waals surface area (Å²) in [6.45, 7) is 9.35. The fraction of sp³-hybridized carbons (Fsp3) is 0.500. The molecule has 0 unspecified atom stereocenters. The molecular weight excluding hydrogens is 422 g/mol. The van der Waals surface area contributed by atoms with E-state index >= 15 is 0 Å². The normalized spacial score (nSPS) is 13.7. The summed E-state index contributed by atoms with van der Waals surface area (Å²) in [5, 5.41) is 20.5. The van der Waals surface area contributed by atoms with Gasteiger partial charge in [-0.15, -0.1) is 0 Å². The van der Waals surface area contributed by atoms with E-state index < -0.39 is 52.5 Å². The predicted molar refractivity (Wildman–Crippen MR) is 116 cm³/mol. The molecule has 0 aliphatic rings. The number of amides is 4. The highest BCUT2D eigenvalue weighted by molar-refractivity contribution is 5.98. The van der Waals surface area contributed by atoms with Crippen molar-refractivity contribution in [2.45, 2.75) is 65.3 Å². The van der Waals surface area contributed by atoms with Crippen molar-refractivity contribution >= 4 is 35.2 Å². The summed E-state index contributed by atoms with van der Waals surface area (Å²) >= 11 is 0. The Kier molecular flexibility index (Phi) is 9.11. The first kappa shape index (κ1) is 26.3. The number of anilines is 1. The number of benzene rings is 1. The minimum Gasteiger partial charge on any atom is -0.444 e. The van der Waals surface area contributed by atoms with E-state index in [0.717, 1.165) is 0 Å². The molecule has 1 rings (SSSR count). The molecule has 32 heavy (non-hydrogen) atoms. The van der Waals surface area contributed by atoms with Crippen LogP contribution in [0.2, 0.25) is 0 Å². The number of non-ortho nitro benzene ring substituents is 1. The number of hydrogen-bond donors (Lipinski definition) is 4. The highest BCUT2D eigenvalue weighted by Crippen LogP contribution is 2.15. The Hall–Kier alpha value is -3.70. The van der Waals surface area contributed by atoms with Gasteiger partial charge in [-0.05, 0) is 53.7 Å². The first-order valence-corrected chi connectivity index (χ1v) is 9.85. The van der Waals surface area contributed by atoms with Gasteiger partial charge in [-0.25, -0.2) is 4.79 Å². The van der Waals surface area contributed by atoms with Crippen LogP contribution in [0.1, 0.15) is 41.5 Å². The number of nitro groups is 1. The maximum Gasteiger partial charge on any atom is 0.408 e. The van der Waals surface area contributed by atoms with Gasteiger partial charge in [-0.1, -0.05) is 0 Å². The monoisotopic (exact) mass is 451 g/mol. The van der Waals surface area contributed by atoms with Crippen molar-refractivity contribution in [1.82, 2.24) is 16.0 Å². The number of carbonyl (C=O) groups is 4. The first-order chi connectivity index (χ1) is 14.7. The number of hydrogen-bond acceptors (Lipinski definition) is 7. The Labute approximate surface area is 185 Å². The second-order valence-electron chi connectivity index (χ2n) is 8.12. The van der Waals surface area contributed by atoms with E-state index in [-0.39, 0.29) is 5.69 Å². The third-order valence-corrected chi connectivity index (χ3v) is 3.98. The van der Waals surface area contributed by atoms with Gasteiger partial charge in [0.2, 0.25) is 17.7 Å². The van der Waals surface area contributed by atoms with Gasteiger partial charge in [0.25, 0.3) is 5.69 Å². The van der Waals surface area contributed by atoms with Crippen molar-refractivity contribution in [3.05, 3.63) is 34.4 Å². The lowest BCUT2D eigenvalue weighted by Crippen LogP contribution is -2.54. The van der Waals surface area contributed by atoms with E-state index in [9.17, 15) is 29.3 Å². The standard InChI is InChI=1S/C20H29N5O7/c1-11(21-17(27)13(3)23-19(29)32-20(4,5)6)16(26)22-12(2)18(28)24-14-7-9-15(10-8-14)25(30)31/h7-13H,1-6H3,(H,21,27)(H,22,26)(H,23,29)(H,24,28)/t11-,12-,13+/m0/s1. The molecular formula is C20H29N5O7. The molecule has 1 aromatic carbocycles. The van der Waals surface area contributed by atoms with Crippen molar-refractivity contribution in [3.8, 4) is 0 Å². The zero-order chi connectivity index (χ0) is 24.6. The third kappa shape index (κ3) is 8.98. The number of nitro benzene ring substituents is 1. The van der Waals surface area contributed by atoms with E-state index in [2.05, 4.69) is 21.3 Å². The maximum absolute atomic E-state index is 12.3. The summed E-state index contributed by atoms with van der Waals surface area (Å²) in [5.74, 6) is -1.78. The molecule has 12 nitrogen and oxygen atoms in total. The first-order valence-electron chi connectivity index (χ1n) is 9.85. The third-order valence-electron chi connectivity index (χ3n) is 3.98. The fourth-order valence-electron chi connectivity index (χ4n) is 2.27. The van der Waals surface area contributed by atoms with Crippen molar-refractivity contribution < 1.29 is 28.8 Å². The smallest absolute Gasteiger partial charge is 0.408 e. The molecule has 0 aliphatic heterocycles. The number of carbonyl (C=O) groups excluding carboxylic acids is 4. The Bertz CT molecular complexity index is 864. The number of ether oxygens (including phenoxy) is 1. The van der Waals surface area contributed by atoms with Crippen molar-refractivity contribution in [1.29, 1.82) is 0 Å². The molecule has 0 aromatic heterocycles. The maximum atomic E-state index is 12.3. The predicted octanol–water partition coefficient (Wildman–Crippen LogP) is 1.46. The largest absolute Gasteiger partial charge is 0.444 e. The van der Waals surface area contributed by atoms with Crippen LogP contribution in [0.25, 0.3) is 0 Å². The Morgan fingerprint density at radius 2 is 1.28 bits per heavy atom. The van der Waals surface area contributed by atoms with Gasteiger partial charge < -0.3 is 26.0 Å². The summed E-state index contributed by atoms with van der Waals surface area (Å²) < 4.78 is 5.07. The van der Waals surface area contributed by atoms with Crippen LogP contribution in [0, 0.1) is 10.1 Å².